The van der Waals surface area contributed by atoms with Gasteiger partial charge in [-0.15, -0.1) is 0 Å². The summed E-state index contributed by atoms with van der Waals surface area (Å²) in [5, 5.41) is 8.68. The standard InChI is InChI=1S/C20H18O2/c21-20(22)14-11-15-9-12-17(13-10-15)19-8-4-2-6-16-5-1-3-7-18(16)19/h1,3,5,7-14H,2,4,6H2,(H,21,22)/b14-11+. The van der Waals surface area contributed by atoms with E-state index in [-0.39, 0.29) is 0 Å². The van der Waals surface area contributed by atoms with Crippen LogP contribution in [0.25, 0.3) is 11.6 Å². The van der Waals surface area contributed by atoms with Crippen molar-refractivity contribution in [3.63, 3.8) is 0 Å². The zero-order valence-corrected chi connectivity index (χ0v) is 12.3. The monoisotopic (exact) mass is 290 g/mol. The Kier molecular flexibility index (Phi) is 4.19. The summed E-state index contributed by atoms with van der Waals surface area (Å²) in [6.45, 7) is 0. The largest absolute Gasteiger partial charge is 0.478 e. The van der Waals surface area contributed by atoms with Gasteiger partial charge in [0.25, 0.3) is 0 Å². The molecule has 0 radical (unpaired) electrons. The number of fused-ring (bicyclic) bond motifs is 1. The van der Waals surface area contributed by atoms with E-state index in [1.54, 1.807) is 6.08 Å². The highest BCUT2D eigenvalue weighted by Gasteiger charge is 2.12. The summed E-state index contributed by atoms with van der Waals surface area (Å²) in [5.74, 6) is -0.926. The van der Waals surface area contributed by atoms with Gasteiger partial charge in [-0.3, -0.25) is 0 Å². The molecule has 22 heavy (non-hydrogen) atoms. The molecule has 0 atom stereocenters. The molecule has 110 valence electrons. The molecule has 2 aromatic rings. The van der Waals surface area contributed by atoms with Crippen molar-refractivity contribution >= 4 is 17.6 Å². The van der Waals surface area contributed by atoms with Crippen LogP contribution >= 0.6 is 0 Å². The van der Waals surface area contributed by atoms with E-state index in [1.165, 1.54) is 28.7 Å². The summed E-state index contributed by atoms with van der Waals surface area (Å²) in [5.41, 5.74) is 6.08. The number of aryl methyl sites for hydroxylation is 1. The van der Waals surface area contributed by atoms with Crippen LogP contribution in [-0.4, -0.2) is 11.1 Å². The molecule has 0 bridgehead atoms. The lowest BCUT2D eigenvalue weighted by atomic mass is 9.93. The Hall–Kier alpha value is -2.61. The van der Waals surface area contributed by atoms with Crippen molar-refractivity contribution in [2.24, 2.45) is 0 Å². The van der Waals surface area contributed by atoms with Crippen LogP contribution < -0.4 is 0 Å². The Bertz CT molecular complexity index is 737. The first-order valence-electron chi connectivity index (χ1n) is 7.54. The highest BCUT2D eigenvalue weighted by Crippen LogP contribution is 2.30. The zero-order valence-electron chi connectivity index (χ0n) is 12.3. The fraction of sp³-hybridized carbons (Fsp3) is 0.150. The van der Waals surface area contributed by atoms with E-state index in [0.717, 1.165) is 24.5 Å². The van der Waals surface area contributed by atoms with Crippen molar-refractivity contribution in [3.8, 4) is 0 Å². The third-order valence-electron chi connectivity index (χ3n) is 3.95. The smallest absolute Gasteiger partial charge is 0.328 e. The number of hydrogen-bond donors (Lipinski definition) is 1. The molecule has 2 aromatic carbocycles. The highest BCUT2D eigenvalue weighted by molar-refractivity contribution is 5.86. The van der Waals surface area contributed by atoms with Crippen LogP contribution in [0.5, 0.6) is 0 Å². The van der Waals surface area contributed by atoms with E-state index in [4.69, 9.17) is 5.11 Å². The van der Waals surface area contributed by atoms with Gasteiger partial charge in [-0.25, -0.2) is 4.79 Å². The Morgan fingerprint density at radius 3 is 2.59 bits per heavy atom. The van der Waals surface area contributed by atoms with Gasteiger partial charge in [0.1, 0.15) is 0 Å². The minimum Gasteiger partial charge on any atom is -0.478 e. The quantitative estimate of drug-likeness (QED) is 0.842. The summed E-state index contributed by atoms with van der Waals surface area (Å²) in [4.78, 5) is 10.6. The van der Waals surface area contributed by atoms with E-state index in [1.807, 2.05) is 12.1 Å². The Balaban J connectivity index is 1.94. The number of carbonyl (C=O) groups is 1. The molecule has 0 saturated carbocycles. The molecule has 0 heterocycles. The molecule has 0 amide bonds. The SMILES string of the molecule is O=C(O)/C=C/c1ccc(C2=CCCCc3ccccc32)cc1. The maximum atomic E-state index is 10.6. The Labute approximate surface area is 130 Å². The summed E-state index contributed by atoms with van der Waals surface area (Å²) in [7, 11) is 0. The van der Waals surface area contributed by atoms with Crippen LogP contribution in [0.1, 0.15) is 35.1 Å². The molecule has 0 spiro atoms. The first-order valence-corrected chi connectivity index (χ1v) is 7.54. The molecular formula is C20H18O2. The predicted molar refractivity (Wildman–Crippen MR) is 89.6 cm³/mol. The van der Waals surface area contributed by atoms with Gasteiger partial charge in [0.2, 0.25) is 0 Å². The second kappa shape index (κ2) is 6.44. The number of aliphatic carboxylic acids is 1. The van der Waals surface area contributed by atoms with Crippen molar-refractivity contribution in [1.29, 1.82) is 0 Å². The summed E-state index contributed by atoms with van der Waals surface area (Å²) < 4.78 is 0. The summed E-state index contributed by atoms with van der Waals surface area (Å²) >= 11 is 0. The Morgan fingerprint density at radius 1 is 1.05 bits per heavy atom. The maximum absolute atomic E-state index is 10.6. The van der Waals surface area contributed by atoms with Gasteiger partial charge >= 0.3 is 5.97 Å². The molecule has 2 heteroatoms. The van der Waals surface area contributed by atoms with Gasteiger partial charge in [-0.05, 0) is 53.2 Å². The minimum absolute atomic E-state index is 0.897. The molecule has 1 aliphatic carbocycles. The van der Waals surface area contributed by atoms with Crippen molar-refractivity contribution in [2.75, 3.05) is 0 Å². The second-order valence-corrected chi connectivity index (χ2v) is 5.46. The number of carboxylic acid groups (broad SMARTS) is 1. The van der Waals surface area contributed by atoms with Gasteiger partial charge in [-0.1, -0.05) is 54.6 Å². The van der Waals surface area contributed by atoms with E-state index >= 15 is 0 Å². The molecule has 0 unspecified atom stereocenters. The van der Waals surface area contributed by atoms with Gasteiger partial charge in [0, 0.05) is 6.08 Å². The first-order chi connectivity index (χ1) is 10.7. The second-order valence-electron chi connectivity index (χ2n) is 5.46. The van der Waals surface area contributed by atoms with Crippen molar-refractivity contribution in [1.82, 2.24) is 0 Å². The molecule has 2 nitrogen and oxygen atoms in total. The van der Waals surface area contributed by atoms with E-state index in [0.29, 0.717) is 0 Å². The van der Waals surface area contributed by atoms with Gasteiger partial charge in [-0.2, -0.15) is 0 Å². The third-order valence-corrected chi connectivity index (χ3v) is 3.95. The average Bonchev–Trinajstić information content (AvgIpc) is 2.76. The van der Waals surface area contributed by atoms with E-state index in [9.17, 15) is 4.79 Å². The van der Waals surface area contributed by atoms with Crippen LogP contribution in [-0.2, 0) is 11.2 Å². The van der Waals surface area contributed by atoms with Crippen LogP contribution in [0.2, 0.25) is 0 Å². The van der Waals surface area contributed by atoms with Gasteiger partial charge in [0.15, 0.2) is 0 Å². The van der Waals surface area contributed by atoms with Crippen molar-refractivity contribution < 1.29 is 9.90 Å². The number of carboxylic acids is 1. The fourth-order valence-electron chi connectivity index (χ4n) is 2.86. The third kappa shape index (κ3) is 3.17. The summed E-state index contributed by atoms with van der Waals surface area (Å²) in [6, 6.07) is 16.6. The highest BCUT2D eigenvalue weighted by atomic mass is 16.4. The minimum atomic E-state index is -0.926. The van der Waals surface area contributed by atoms with Crippen LogP contribution in [0.3, 0.4) is 0 Å². The van der Waals surface area contributed by atoms with E-state index in [2.05, 4.69) is 42.5 Å². The number of rotatable bonds is 3. The lowest BCUT2D eigenvalue weighted by molar-refractivity contribution is -0.131. The first kappa shape index (κ1) is 14.3. The fourth-order valence-corrected chi connectivity index (χ4v) is 2.86. The predicted octanol–water partition coefficient (Wildman–Crippen LogP) is 4.55. The molecule has 1 aliphatic rings. The van der Waals surface area contributed by atoms with Crippen molar-refractivity contribution in [2.45, 2.75) is 19.3 Å². The molecule has 0 fully saturated rings. The number of allylic oxidation sites excluding steroid dienone is 1. The molecule has 0 saturated heterocycles. The van der Waals surface area contributed by atoms with Gasteiger partial charge < -0.3 is 5.11 Å². The lowest BCUT2D eigenvalue weighted by Gasteiger charge is -2.11. The molecule has 0 aromatic heterocycles. The van der Waals surface area contributed by atoms with Gasteiger partial charge in [0.05, 0.1) is 0 Å². The molecule has 1 N–H and O–H groups in total. The van der Waals surface area contributed by atoms with E-state index < -0.39 is 5.97 Å². The normalized spacial score (nSPS) is 14.3. The molecule has 0 aliphatic heterocycles. The topological polar surface area (TPSA) is 37.3 Å². The molecular weight excluding hydrogens is 272 g/mol. The Morgan fingerprint density at radius 2 is 1.82 bits per heavy atom. The van der Waals surface area contributed by atoms with Crippen LogP contribution in [0, 0.1) is 0 Å². The van der Waals surface area contributed by atoms with Crippen LogP contribution in [0.15, 0.2) is 60.7 Å². The zero-order chi connectivity index (χ0) is 15.4. The summed E-state index contributed by atoms with van der Waals surface area (Å²) in [6.07, 6.45) is 8.48. The van der Waals surface area contributed by atoms with Crippen molar-refractivity contribution in [3.05, 3.63) is 82.9 Å². The average molecular weight is 290 g/mol. The van der Waals surface area contributed by atoms with Crippen LogP contribution in [0.4, 0.5) is 0 Å². The number of hydrogen-bond acceptors (Lipinski definition) is 1. The lowest BCUT2D eigenvalue weighted by Crippen LogP contribution is -1.93. The molecule has 3 rings (SSSR count). The maximum Gasteiger partial charge on any atom is 0.328 e. The number of benzene rings is 2.